The van der Waals surface area contributed by atoms with Crippen LogP contribution in [0.15, 0.2) is 24.3 Å². The number of nitrogens with one attached hydrogen (secondary N) is 2. The fourth-order valence-corrected chi connectivity index (χ4v) is 2.58. The zero-order chi connectivity index (χ0) is 16.8. The van der Waals surface area contributed by atoms with Gasteiger partial charge in [0.25, 0.3) is 0 Å². The minimum absolute atomic E-state index is 0.312. The van der Waals surface area contributed by atoms with E-state index in [1.165, 1.54) is 50.5 Å². The van der Waals surface area contributed by atoms with Gasteiger partial charge in [-0.1, -0.05) is 69.7 Å². The zero-order valence-corrected chi connectivity index (χ0v) is 14.4. The maximum Gasteiger partial charge on any atom is 0.243 e. The maximum atomic E-state index is 11.0. The van der Waals surface area contributed by atoms with Crippen molar-refractivity contribution in [3.8, 4) is 0 Å². The van der Waals surface area contributed by atoms with E-state index in [9.17, 15) is 4.79 Å². The fraction of sp³-hybridized carbons (Fsp3) is 0.632. The number of hydrogen-bond acceptors (Lipinski definition) is 3. The van der Waals surface area contributed by atoms with Crippen molar-refractivity contribution in [3.63, 3.8) is 0 Å². The normalized spacial score (nSPS) is 10.7. The van der Waals surface area contributed by atoms with Crippen LogP contribution in [0.5, 0.6) is 0 Å². The number of amides is 1. The Kier molecular flexibility index (Phi) is 11.2. The molecule has 0 aliphatic rings. The van der Waals surface area contributed by atoms with E-state index in [-0.39, 0.29) is 5.91 Å². The summed E-state index contributed by atoms with van der Waals surface area (Å²) < 4.78 is 0. The first-order chi connectivity index (χ1) is 11.3. The molecular formula is C19H32N2O2. The van der Waals surface area contributed by atoms with Crippen LogP contribution in [0.3, 0.4) is 0 Å². The predicted molar refractivity (Wildman–Crippen MR) is 94.4 cm³/mol. The van der Waals surface area contributed by atoms with E-state index in [1.807, 2.05) is 0 Å². The van der Waals surface area contributed by atoms with Crippen LogP contribution in [-0.4, -0.2) is 17.7 Å². The molecule has 4 nitrogen and oxygen atoms in total. The standard InChI is InChI=1S/C19H32N2O2/c1-2-3-4-5-6-7-8-15-20-16-18-11-9-17(10-12-18)13-14-19(22)21-23/h9-12,20,23H,2-8,13-16H2,1H3,(H,21,22). The molecule has 1 aromatic rings. The van der Waals surface area contributed by atoms with Crippen molar-refractivity contribution in [2.24, 2.45) is 0 Å². The highest BCUT2D eigenvalue weighted by molar-refractivity contribution is 5.74. The van der Waals surface area contributed by atoms with Crippen LogP contribution in [0.4, 0.5) is 0 Å². The molecule has 0 spiro atoms. The molecule has 0 bridgehead atoms. The molecule has 0 saturated carbocycles. The summed E-state index contributed by atoms with van der Waals surface area (Å²) in [6.45, 7) is 4.22. The Balaban J connectivity index is 2.06. The maximum absolute atomic E-state index is 11.0. The Morgan fingerprint density at radius 2 is 1.57 bits per heavy atom. The van der Waals surface area contributed by atoms with E-state index in [0.717, 1.165) is 18.7 Å². The first-order valence-corrected chi connectivity index (χ1v) is 8.97. The number of aryl methyl sites for hydroxylation is 1. The van der Waals surface area contributed by atoms with Gasteiger partial charge in [0.15, 0.2) is 0 Å². The highest BCUT2D eigenvalue weighted by Gasteiger charge is 2.00. The van der Waals surface area contributed by atoms with Crippen LogP contribution < -0.4 is 10.8 Å². The topological polar surface area (TPSA) is 61.4 Å². The van der Waals surface area contributed by atoms with Crippen molar-refractivity contribution >= 4 is 5.91 Å². The first kappa shape index (κ1) is 19.7. The number of carbonyl (C=O) groups is 1. The third-order valence-corrected chi connectivity index (χ3v) is 4.07. The van der Waals surface area contributed by atoms with Crippen molar-refractivity contribution in [3.05, 3.63) is 35.4 Å². The number of hydrogen-bond donors (Lipinski definition) is 3. The lowest BCUT2D eigenvalue weighted by atomic mass is 10.1. The van der Waals surface area contributed by atoms with Crippen LogP contribution in [-0.2, 0) is 17.8 Å². The van der Waals surface area contributed by atoms with Gasteiger partial charge in [-0.2, -0.15) is 0 Å². The van der Waals surface area contributed by atoms with Crippen LogP contribution in [0.2, 0.25) is 0 Å². The van der Waals surface area contributed by atoms with Crippen molar-refractivity contribution in [1.82, 2.24) is 10.8 Å². The second-order valence-electron chi connectivity index (χ2n) is 6.15. The molecule has 0 aliphatic carbocycles. The first-order valence-electron chi connectivity index (χ1n) is 8.97. The van der Waals surface area contributed by atoms with E-state index in [1.54, 1.807) is 5.48 Å². The summed E-state index contributed by atoms with van der Waals surface area (Å²) in [5.74, 6) is -0.342. The summed E-state index contributed by atoms with van der Waals surface area (Å²) in [5, 5.41) is 11.9. The molecule has 0 atom stereocenters. The molecule has 1 amide bonds. The minimum Gasteiger partial charge on any atom is -0.313 e. The van der Waals surface area contributed by atoms with Gasteiger partial charge in [0.05, 0.1) is 0 Å². The summed E-state index contributed by atoms with van der Waals surface area (Å²) in [4.78, 5) is 11.0. The van der Waals surface area contributed by atoms with Crippen LogP contribution in [0, 0.1) is 0 Å². The van der Waals surface area contributed by atoms with E-state index < -0.39 is 0 Å². The molecule has 0 saturated heterocycles. The second kappa shape index (κ2) is 13.1. The minimum atomic E-state index is -0.342. The van der Waals surface area contributed by atoms with Crippen LogP contribution in [0.1, 0.15) is 69.4 Å². The number of carbonyl (C=O) groups excluding carboxylic acids is 1. The average Bonchev–Trinajstić information content (AvgIpc) is 2.59. The molecule has 1 aromatic carbocycles. The molecule has 0 fully saturated rings. The Morgan fingerprint density at radius 1 is 0.957 bits per heavy atom. The molecular weight excluding hydrogens is 288 g/mol. The lowest BCUT2D eigenvalue weighted by molar-refractivity contribution is -0.129. The lowest BCUT2D eigenvalue weighted by Crippen LogP contribution is -2.18. The van der Waals surface area contributed by atoms with Crippen molar-refractivity contribution < 1.29 is 10.0 Å². The third-order valence-electron chi connectivity index (χ3n) is 4.07. The zero-order valence-electron chi connectivity index (χ0n) is 14.4. The number of unbranched alkanes of at least 4 members (excludes halogenated alkanes) is 6. The molecule has 130 valence electrons. The SMILES string of the molecule is CCCCCCCCCNCc1ccc(CCC(=O)NO)cc1. The molecule has 4 heteroatoms. The molecule has 0 aliphatic heterocycles. The van der Waals surface area contributed by atoms with Crippen molar-refractivity contribution in [2.75, 3.05) is 6.54 Å². The van der Waals surface area contributed by atoms with Gasteiger partial charge in [-0.15, -0.1) is 0 Å². The van der Waals surface area contributed by atoms with Gasteiger partial charge >= 0.3 is 0 Å². The fourth-order valence-electron chi connectivity index (χ4n) is 2.58. The van der Waals surface area contributed by atoms with E-state index in [0.29, 0.717) is 12.8 Å². The molecule has 3 N–H and O–H groups in total. The van der Waals surface area contributed by atoms with Gasteiger partial charge in [-0.25, -0.2) is 5.48 Å². The Morgan fingerprint density at radius 3 is 2.22 bits per heavy atom. The Bertz CT molecular complexity index is 418. The lowest BCUT2D eigenvalue weighted by Gasteiger charge is -2.06. The van der Waals surface area contributed by atoms with Gasteiger partial charge in [-0.05, 0) is 30.5 Å². The van der Waals surface area contributed by atoms with Crippen LogP contribution in [0.25, 0.3) is 0 Å². The van der Waals surface area contributed by atoms with E-state index in [4.69, 9.17) is 5.21 Å². The molecule has 23 heavy (non-hydrogen) atoms. The Hall–Kier alpha value is -1.39. The van der Waals surface area contributed by atoms with Crippen molar-refractivity contribution in [1.29, 1.82) is 0 Å². The number of rotatable bonds is 13. The summed E-state index contributed by atoms with van der Waals surface area (Å²) in [7, 11) is 0. The second-order valence-corrected chi connectivity index (χ2v) is 6.15. The number of benzene rings is 1. The van der Waals surface area contributed by atoms with Gasteiger partial charge in [0.1, 0.15) is 0 Å². The molecule has 1 rings (SSSR count). The smallest absolute Gasteiger partial charge is 0.243 e. The molecule has 0 heterocycles. The third kappa shape index (κ3) is 10.1. The molecule has 0 radical (unpaired) electrons. The number of hydroxylamine groups is 1. The van der Waals surface area contributed by atoms with Gasteiger partial charge in [-0.3, -0.25) is 10.0 Å². The summed E-state index contributed by atoms with van der Waals surface area (Å²) in [6.07, 6.45) is 10.3. The highest BCUT2D eigenvalue weighted by atomic mass is 16.5. The average molecular weight is 320 g/mol. The van der Waals surface area contributed by atoms with E-state index in [2.05, 4.69) is 36.5 Å². The summed E-state index contributed by atoms with van der Waals surface area (Å²) >= 11 is 0. The molecule has 0 aromatic heterocycles. The summed E-state index contributed by atoms with van der Waals surface area (Å²) in [5.41, 5.74) is 4.04. The Labute approximate surface area is 140 Å². The van der Waals surface area contributed by atoms with Crippen LogP contribution >= 0.6 is 0 Å². The van der Waals surface area contributed by atoms with Crippen molar-refractivity contribution in [2.45, 2.75) is 71.3 Å². The quantitative estimate of drug-likeness (QED) is 0.293. The van der Waals surface area contributed by atoms with Gasteiger partial charge < -0.3 is 5.32 Å². The van der Waals surface area contributed by atoms with Gasteiger partial charge in [0.2, 0.25) is 5.91 Å². The van der Waals surface area contributed by atoms with E-state index >= 15 is 0 Å². The largest absolute Gasteiger partial charge is 0.313 e. The monoisotopic (exact) mass is 320 g/mol. The molecule has 0 unspecified atom stereocenters. The highest BCUT2D eigenvalue weighted by Crippen LogP contribution is 2.08. The van der Waals surface area contributed by atoms with Gasteiger partial charge in [0, 0.05) is 13.0 Å². The predicted octanol–water partition coefficient (Wildman–Crippen LogP) is 3.96. The summed E-state index contributed by atoms with van der Waals surface area (Å²) in [6, 6.07) is 8.30.